The summed E-state index contributed by atoms with van der Waals surface area (Å²) in [4.78, 5) is 12.0. The third-order valence-electron chi connectivity index (χ3n) is 3.72. The van der Waals surface area contributed by atoms with E-state index in [2.05, 4.69) is 0 Å². The summed E-state index contributed by atoms with van der Waals surface area (Å²) in [7, 11) is -3.66. The van der Waals surface area contributed by atoms with E-state index in [0.29, 0.717) is 31.6 Å². The molecule has 1 heterocycles. The second-order valence-electron chi connectivity index (χ2n) is 5.26. The van der Waals surface area contributed by atoms with Crippen LogP contribution in [0.25, 0.3) is 0 Å². The molecule has 0 radical (unpaired) electrons. The van der Waals surface area contributed by atoms with E-state index in [-0.39, 0.29) is 24.0 Å². The predicted octanol–water partition coefficient (Wildman–Crippen LogP) is 1.14. The molecular weight excluding hydrogens is 306 g/mol. The first-order valence-corrected chi connectivity index (χ1v) is 8.79. The van der Waals surface area contributed by atoms with E-state index in [1.165, 1.54) is 16.4 Å². The van der Waals surface area contributed by atoms with Gasteiger partial charge in [0.15, 0.2) is 0 Å². The van der Waals surface area contributed by atoms with Gasteiger partial charge in [0.2, 0.25) is 10.0 Å². The van der Waals surface area contributed by atoms with E-state index in [0.717, 1.165) is 0 Å². The van der Waals surface area contributed by atoms with E-state index >= 15 is 0 Å². The fourth-order valence-electron chi connectivity index (χ4n) is 2.57. The van der Waals surface area contributed by atoms with Crippen LogP contribution >= 0.6 is 0 Å². The van der Waals surface area contributed by atoms with Crippen LogP contribution in [0, 0.1) is 5.92 Å². The monoisotopic (exact) mass is 327 g/mol. The smallest absolute Gasteiger partial charge is 0.310 e. The Morgan fingerprint density at radius 2 is 2.23 bits per heavy atom. The lowest BCUT2D eigenvalue weighted by Gasteiger charge is -2.30. The lowest BCUT2D eigenvalue weighted by Crippen LogP contribution is -2.42. The molecular formula is C15H21NO5S. The number of aliphatic hydroxyl groups excluding tert-OH is 1. The Morgan fingerprint density at radius 1 is 1.45 bits per heavy atom. The minimum atomic E-state index is -3.66. The number of nitrogens with zero attached hydrogens (tertiary/aromatic N) is 1. The zero-order valence-corrected chi connectivity index (χ0v) is 13.4. The standard InChI is InChI=1S/C15H21NO5S/c1-2-21-15(18)13-6-4-8-16(10-13)22(19,20)14-7-3-5-12(9-14)11-17/h3,5,7,9,13,17H,2,4,6,8,10-11H2,1H3/t13-/m1/s1. The summed E-state index contributed by atoms with van der Waals surface area (Å²) in [6, 6.07) is 6.23. The van der Waals surface area contributed by atoms with Crippen molar-refractivity contribution in [2.24, 2.45) is 5.92 Å². The van der Waals surface area contributed by atoms with Crippen LogP contribution in [-0.2, 0) is 26.2 Å². The molecule has 1 saturated heterocycles. The molecule has 122 valence electrons. The molecule has 2 rings (SSSR count). The van der Waals surface area contributed by atoms with Gasteiger partial charge < -0.3 is 9.84 Å². The molecule has 1 aliphatic rings. The summed E-state index contributed by atoms with van der Waals surface area (Å²) in [5.74, 6) is -0.754. The molecule has 6 nitrogen and oxygen atoms in total. The van der Waals surface area contributed by atoms with Gasteiger partial charge in [0.05, 0.1) is 24.0 Å². The maximum atomic E-state index is 12.7. The van der Waals surface area contributed by atoms with Gasteiger partial charge >= 0.3 is 5.97 Å². The zero-order chi connectivity index (χ0) is 16.2. The van der Waals surface area contributed by atoms with Crippen molar-refractivity contribution >= 4 is 16.0 Å². The number of rotatable bonds is 5. The van der Waals surface area contributed by atoms with E-state index in [1.54, 1.807) is 19.1 Å². The van der Waals surface area contributed by atoms with Gasteiger partial charge in [-0.05, 0) is 37.5 Å². The Kier molecular flexibility index (Phi) is 5.55. The molecule has 0 unspecified atom stereocenters. The van der Waals surface area contributed by atoms with E-state index in [4.69, 9.17) is 9.84 Å². The number of ether oxygens (including phenoxy) is 1. The molecule has 7 heteroatoms. The third kappa shape index (κ3) is 3.66. The summed E-state index contributed by atoms with van der Waals surface area (Å²) >= 11 is 0. The third-order valence-corrected chi connectivity index (χ3v) is 5.58. The van der Waals surface area contributed by atoms with Crippen LogP contribution in [0.3, 0.4) is 0 Å². The van der Waals surface area contributed by atoms with Crippen molar-refractivity contribution in [2.75, 3.05) is 19.7 Å². The van der Waals surface area contributed by atoms with Crippen molar-refractivity contribution in [3.05, 3.63) is 29.8 Å². The number of benzene rings is 1. The molecule has 0 aliphatic carbocycles. The van der Waals surface area contributed by atoms with Gasteiger partial charge in [-0.15, -0.1) is 0 Å². The van der Waals surface area contributed by atoms with Crippen LogP contribution in [0.2, 0.25) is 0 Å². The first kappa shape index (κ1) is 16.9. The van der Waals surface area contributed by atoms with Crippen LogP contribution in [0.1, 0.15) is 25.3 Å². The predicted molar refractivity (Wildman–Crippen MR) is 80.5 cm³/mol. The fraction of sp³-hybridized carbons (Fsp3) is 0.533. The Hall–Kier alpha value is -1.44. The Bertz CT molecular complexity index is 629. The van der Waals surface area contributed by atoms with Gasteiger partial charge in [0.25, 0.3) is 0 Å². The van der Waals surface area contributed by atoms with Crippen molar-refractivity contribution in [1.82, 2.24) is 4.31 Å². The molecule has 1 atom stereocenters. The Morgan fingerprint density at radius 3 is 2.91 bits per heavy atom. The van der Waals surface area contributed by atoms with Crippen LogP contribution < -0.4 is 0 Å². The second kappa shape index (κ2) is 7.21. The summed E-state index contributed by atoms with van der Waals surface area (Å²) < 4.78 is 31.7. The van der Waals surface area contributed by atoms with Crippen LogP contribution in [0.5, 0.6) is 0 Å². The number of carbonyl (C=O) groups excluding carboxylic acids is 1. The lowest BCUT2D eigenvalue weighted by molar-refractivity contribution is -0.149. The summed E-state index contributed by atoms with van der Waals surface area (Å²) in [5.41, 5.74) is 0.542. The van der Waals surface area contributed by atoms with Crippen LogP contribution in [-0.4, -0.2) is 43.5 Å². The molecule has 1 aliphatic heterocycles. The topological polar surface area (TPSA) is 83.9 Å². The zero-order valence-electron chi connectivity index (χ0n) is 12.6. The number of esters is 1. The van der Waals surface area contributed by atoms with Crippen molar-refractivity contribution in [2.45, 2.75) is 31.3 Å². The maximum absolute atomic E-state index is 12.7. The highest BCUT2D eigenvalue weighted by Crippen LogP contribution is 2.25. The number of sulfonamides is 1. The van der Waals surface area contributed by atoms with Gasteiger partial charge in [0, 0.05) is 13.1 Å². The number of hydrogen-bond acceptors (Lipinski definition) is 5. The first-order valence-electron chi connectivity index (χ1n) is 7.35. The molecule has 1 aromatic rings. The van der Waals surface area contributed by atoms with Crippen LogP contribution in [0.15, 0.2) is 29.2 Å². The molecule has 0 aromatic heterocycles. The molecule has 0 bridgehead atoms. The van der Waals surface area contributed by atoms with E-state index in [9.17, 15) is 13.2 Å². The van der Waals surface area contributed by atoms with Crippen LogP contribution in [0.4, 0.5) is 0 Å². The van der Waals surface area contributed by atoms with Gasteiger partial charge in [-0.25, -0.2) is 8.42 Å². The minimum absolute atomic E-state index is 0.142. The molecule has 22 heavy (non-hydrogen) atoms. The van der Waals surface area contributed by atoms with Gasteiger partial charge in [-0.3, -0.25) is 4.79 Å². The summed E-state index contributed by atoms with van der Waals surface area (Å²) in [6.07, 6.45) is 1.27. The number of piperidine rings is 1. The van der Waals surface area contributed by atoms with Crippen molar-refractivity contribution in [3.8, 4) is 0 Å². The van der Waals surface area contributed by atoms with Gasteiger partial charge in [-0.2, -0.15) is 4.31 Å². The van der Waals surface area contributed by atoms with Crippen molar-refractivity contribution in [1.29, 1.82) is 0 Å². The van der Waals surface area contributed by atoms with Crippen molar-refractivity contribution in [3.63, 3.8) is 0 Å². The highest BCUT2D eigenvalue weighted by molar-refractivity contribution is 7.89. The lowest BCUT2D eigenvalue weighted by atomic mass is 10.0. The SMILES string of the molecule is CCOC(=O)[C@@H]1CCCN(S(=O)(=O)c2cccc(CO)c2)C1. The normalized spacial score (nSPS) is 19.8. The second-order valence-corrected chi connectivity index (χ2v) is 7.20. The highest BCUT2D eigenvalue weighted by Gasteiger charge is 2.33. The Labute approximate surface area is 130 Å². The fourth-order valence-corrected chi connectivity index (χ4v) is 4.16. The molecule has 0 amide bonds. The van der Waals surface area contributed by atoms with E-state index in [1.807, 2.05) is 0 Å². The largest absolute Gasteiger partial charge is 0.466 e. The summed E-state index contributed by atoms with van der Waals surface area (Å²) in [6.45, 7) is 2.34. The maximum Gasteiger partial charge on any atom is 0.310 e. The minimum Gasteiger partial charge on any atom is -0.466 e. The quantitative estimate of drug-likeness (QED) is 0.820. The van der Waals surface area contributed by atoms with Gasteiger partial charge in [-0.1, -0.05) is 12.1 Å². The highest BCUT2D eigenvalue weighted by atomic mass is 32.2. The first-order chi connectivity index (χ1) is 10.5. The molecule has 1 aromatic carbocycles. The average Bonchev–Trinajstić information content (AvgIpc) is 2.55. The Balaban J connectivity index is 2.19. The van der Waals surface area contributed by atoms with E-state index < -0.39 is 15.9 Å². The number of carbonyl (C=O) groups is 1. The summed E-state index contributed by atoms with van der Waals surface area (Å²) in [5, 5.41) is 9.14. The number of aliphatic hydroxyl groups is 1. The molecule has 0 spiro atoms. The molecule has 1 N–H and O–H groups in total. The molecule has 0 saturated carbocycles. The molecule has 1 fully saturated rings. The number of hydrogen-bond donors (Lipinski definition) is 1. The average molecular weight is 327 g/mol. The van der Waals surface area contributed by atoms with Gasteiger partial charge in [0.1, 0.15) is 0 Å². The van der Waals surface area contributed by atoms with Crippen molar-refractivity contribution < 1.29 is 23.1 Å².